The molecule has 1 unspecified atom stereocenters. The van der Waals surface area contributed by atoms with E-state index in [0.717, 1.165) is 25.4 Å². The van der Waals surface area contributed by atoms with Gasteiger partial charge in [-0.25, -0.2) is 0 Å². The summed E-state index contributed by atoms with van der Waals surface area (Å²) in [6.45, 7) is 0.878. The van der Waals surface area contributed by atoms with E-state index in [-0.39, 0.29) is 6.10 Å². The molecule has 0 aliphatic heterocycles. The van der Waals surface area contributed by atoms with E-state index in [1.165, 1.54) is 25.7 Å². The summed E-state index contributed by atoms with van der Waals surface area (Å²) in [5, 5.41) is 0. The second-order valence-electron chi connectivity index (χ2n) is 4.36. The normalized spacial score (nSPS) is 29.2. The highest BCUT2D eigenvalue weighted by Gasteiger charge is 2.23. The average Bonchev–Trinajstić information content (AvgIpc) is 2.42. The molecule has 74 valence electrons. The molecule has 2 heteroatoms. The molecule has 1 atom stereocenters. The Bertz CT molecular complexity index is 185. The molecule has 2 saturated carbocycles. The molecular formula is C11H18O2. The molecule has 0 amide bonds. The predicted octanol–water partition coefficient (Wildman–Crippen LogP) is 2.31. The lowest BCUT2D eigenvalue weighted by molar-refractivity contribution is -0.118. The molecule has 0 bridgehead atoms. The molecule has 0 spiro atoms. The van der Waals surface area contributed by atoms with Crippen LogP contribution >= 0.6 is 0 Å². The summed E-state index contributed by atoms with van der Waals surface area (Å²) >= 11 is 0. The molecule has 2 aliphatic carbocycles. The van der Waals surface area contributed by atoms with E-state index < -0.39 is 0 Å². The van der Waals surface area contributed by atoms with E-state index in [4.69, 9.17) is 4.74 Å². The van der Waals surface area contributed by atoms with Gasteiger partial charge in [0.1, 0.15) is 5.78 Å². The van der Waals surface area contributed by atoms with Crippen LogP contribution in [0.15, 0.2) is 0 Å². The van der Waals surface area contributed by atoms with Gasteiger partial charge >= 0.3 is 0 Å². The monoisotopic (exact) mass is 182 g/mol. The molecular weight excluding hydrogens is 164 g/mol. The lowest BCUT2D eigenvalue weighted by Gasteiger charge is -2.25. The Morgan fingerprint density at radius 2 is 2.15 bits per heavy atom. The second kappa shape index (κ2) is 4.23. The van der Waals surface area contributed by atoms with Gasteiger partial charge in [0.25, 0.3) is 0 Å². The Hall–Kier alpha value is -0.370. The zero-order valence-electron chi connectivity index (χ0n) is 8.13. The summed E-state index contributed by atoms with van der Waals surface area (Å²) in [5.74, 6) is 1.31. The lowest BCUT2D eigenvalue weighted by atomic mass is 9.83. The number of Topliss-reactive ketones (excluding diaryl/α,β-unsaturated/α-hetero) is 1. The van der Waals surface area contributed by atoms with Crippen LogP contribution in [0.2, 0.25) is 0 Å². The topological polar surface area (TPSA) is 26.3 Å². The van der Waals surface area contributed by atoms with E-state index in [9.17, 15) is 4.79 Å². The zero-order valence-corrected chi connectivity index (χ0v) is 8.13. The van der Waals surface area contributed by atoms with Crippen molar-refractivity contribution in [3.8, 4) is 0 Å². The summed E-state index contributed by atoms with van der Waals surface area (Å²) in [6, 6.07) is 0. The quantitative estimate of drug-likeness (QED) is 0.667. The Labute approximate surface area is 79.7 Å². The van der Waals surface area contributed by atoms with Crippen molar-refractivity contribution in [3.05, 3.63) is 0 Å². The predicted molar refractivity (Wildman–Crippen MR) is 50.6 cm³/mol. The lowest BCUT2D eigenvalue weighted by Crippen LogP contribution is -2.16. The highest BCUT2D eigenvalue weighted by molar-refractivity contribution is 5.81. The van der Waals surface area contributed by atoms with Crippen LogP contribution in [0.1, 0.15) is 44.9 Å². The number of rotatable bonds is 4. The van der Waals surface area contributed by atoms with Crippen LogP contribution in [-0.2, 0) is 9.53 Å². The van der Waals surface area contributed by atoms with Crippen molar-refractivity contribution in [1.29, 1.82) is 0 Å². The molecule has 2 fully saturated rings. The van der Waals surface area contributed by atoms with Crippen molar-refractivity contribution in [3.63, 3.8) is 0 Å². The first-order chi connectivity index (χ1) is 6.34. The third kappa shape index (κ3) is 2.53. The first-order valence-electron chi connectivity index (χ1n) is 5.48. The summed E-state index contributed by atoms with van der Waals surface area (Å²) in [5.41, 5.74) is 0. The third-order valence-corrected chi connectivity index (χ3v) is 3.30. The van der Waals surface area contributed by atoms with Gasteiger partial charge in [0.2, 0.25) is 0 Å². The molecule has 13 heavy (non-hydrogen) atoms. The highest BCUT2D eigenvalue weighted by atomic mass is 16.5. The molecule has 0 radical (unpaired) electrons. The van der Waals surface area contributed by atoms with E-state index >= 15 is 0 Å². The number of carbonyl (C=O) groups excluding carboxylic acids is 1. The highest BCUT2D eigenvalue weighted by Crippen LogP contribution is 2.29. The summed E-state index contributed by atoms with van der Waals surface area (Å²) in [4.78, 5) is 10.9. The van der Waals surface area contributed by atoms with Gasteiger partial charge in [-0.1, -0.05) is 19.3 Å². The Kier molecular flexibility index (Phi) is 2.99. The standard InChI is InChI=1S/C11H18O2/c12-10-4-5-11(8-10)13-7-6-9-2-1-3-9/h9,11H,1-8H2. The fourth-order valence-electron chi connectivity index (χ4n) is 2.11. The first-order valence-corrected chi connectivity index (χ1v) is 5.48. The fraction of sp³-hybridized carbons (Fsp3) is 0.909. The Morgan fingerprint density at radius 1 is 1.31 bits per heavy atom. The molecule has 0 N–H and O–H groups in total. The second-order valence-corrected chi connectivity index (χ2v) is 4.36. The van der Waals surface area contributed by atoms with Gasteiger partial charge in [-0.3, -0.25) is 4.79 Å². The van der Waals surface area contributed by atoms with Crippen molar-refractivity contribution >= 4 is 5.78 Å². The Morgan fingerprint density at radius 3 is 2.69 bits per heavy atom. The molecule has 0 aromatic carbocycles. The maximum Gasteiger partial charge on any atom is 0.135 e. The van der Waals surface area contributed by atoms with Gasteiger partial charge in [0.15, 0.2) is 0 Å². The van der Waals surface area contributed by atoms with Crippen molar-refractivity contribution < 1.29 is 9.53 Å². The average molecular weight is 182 g/mol. The minimum Gasteiger partial charge on any atom is -0.378 e. The van der Waals surface area contributed by atoms with Gasteiger partial charge in [0.05, 0.1) is 6.10 Å². The van der Waals surface area contributed by atoms with Crippen molar-refractivity contribution in [1.82, 2.24) is 0 Å². The molecule has 2 rings (SSSR count). The van der Waals surface area contributed by atoms with E-state index in [2.05, 4.69) is 0 Å². The van der Waals surface area contributed by atoms with Crippen LogP contribution in [0, 0.1) is 5.92 Å². The fourth-order valence-corrected chi connectivity index (χ4v) is 2.11. The first kappa shape index (κ1) is 9.20. The minimum absolute atomic E-state index is 0.257. The van der Waals surface area contributed by atoms with E-state index in [1.807, 2.05) is 0 Å². The molecule has 0 heterocycles. The van der Waals surface area contributed by atoms with Crippen LogP contribution in [-0.4, -0.2) is 18.5 Å². The van der Waals surface area contributed by atoms with Crippen LogP contribution < -0.4 is 0 Å². The van der Waals surface area contributed by atoms with E-state index in [0.29, 0.717) is 12.2 Å². The number of hydrogen-bond donors (Lipinski definition) is 0. The van der Waals surface area contributed by atoms with Crippen LogP contribution in [0.3, 0.4) is 0 Å². The molecule has 2 nitrogen and oxygen atoms in total. The molecule has 0 aromatic rings. The van der Waals surface area contributed by atoms with Crippen molar-refractivity contribution in [2.75, 3.05) is 6.61 Å². The summed E-state index contributed by atoms with van der Waals surface area (Å²) in [6.07, 6.45) is 8.05. The number of carbonyl (C=O) groups is 1. The molecule has 0 aromatic heterocycles. The maximum atomic E-state index is 10.9. The smallest absolute Gasteiger partial charge is 0.135 e. The van der Waals surface area contributed by atoms with Crippen LogP contribution in [0.4, 0.5) is 0 Å². The minimum atomic E-state index is 0.257. The van der Waals surface area contributed by atoms with Crippen molar-refractivity contribution in [2.24, 2.45) is 5.92 Å². The van der Waals surface area contributed by atoms with E-state index in [1.54, 1.807) is 0 Å². The van der Waals surface area contributed by atoms with Gasteiger partial charge in [-0.05, 0) is 18.8 Å². The molecule has 0 saturated heterocycles. The van der Waals surface area contributed by atoms with Gasteiger partial charge in [-0.2, -0.15) is 0 Å². The summed E-state index contributed by atoms with van der Waals surface area (Å²) < 4.78 is 5.66. The zero-order chi connectivity index (χ0) is 9.10. The largest absolute Gasteiger partial charge is 0.378 e. The molecule has 2 aliphatic rings. The SMILES string of the molecule is O=C1CCC(OCCC2CCC2)C1. The van der Waals surface area contributed by atoms with Gasteiger partial charge in [0, 0.05) is 19.4 Å². The number of ketones is 1. The van der Waals surface area contributed by atoms with Crippen LogP contribution in [0.25, 0.3) is 0 Å². The van der Waals surface area contributed by atoms with Crippen LogP contribution in [0.5, 0.6) is 0 Å². The summed E-state index contributed by atoms with van der Waals surface area (Å²) in [7, 11) is 0. The third-order valence-electron chi connectivity index (χ3n) is 3.30. The van der Waals surface area contributed by atoms with Gasteiger partial charge in [-0.15, -0.1) is 0 Å². The maximum absolute atomic E-state index is 10.9. The number of ether oxygens (including phenoxy) is 1. The van der Waals surface area contributed by atoms with Gasteiger partial charge < -0.3 is 4.74 Å². The van der Waals surface area contributed by atoms with Crippen molar-refractivity contribution in [2.45, 2.75) is 51.0 Å². The number of hydrogen-bond acceptors (Lipinski definition) is 2. The Balaban J connectivity index is 1.54.